The molecule has 0 amide bonds. The number of aromatic nitrogens is 2. The summed E-state index contributed by atoms with van der Waals surface area (Å²) in [7, 11) is 1.57. The van der Waals surface area contributed by atoms with Gasteiger partial charge in [-0.2, -0.15) is 0 Å². The van der Waals surface area contributed by atoms with Gasteiger partial charge >= 0.3 is 5.97 Å². The molecule has 1 aromatic heterocycles. The second-order valence-electron chi connectivity index (χ2n) is 7.98. The highest BCUT2D eigenvalue weighted by molar-refractivity contribution is 5.94. The van der Waals surface area contributed by atoms with Gasteiger partial charge in [-0.1, -0.05) is 25.1 Å². The number of methoxy groups -OCH3 is 1. The monoisotopic (exact) mass is 465 g/mol. The third kappa shape index (κ3) is 4.59. The van der Waals surface area contributed by atoms with E-state index in [1.807, 2.05) is 60.9 Å². The first-order valence-corrected chi connectivity index (χ1v) is 11.6. The molecule has 2 heterocycles. The number of allylic oxidation sites excluding steroid dienone is 1. The number of benzene rings is 2. The number of imidazole rings is 1. The summed E-state index contributed by atoms with van der Waals surface area (Å²) in [4.78, 5) is 18.0. The van der Waals surface area contributed by atoms with Crippen molar-refractivity contribution in [2.45, 2.75) is 33.2 Å². The molecule has 1 atom stereocenters. The van der Waals surface area contributed by atoms with Gasteiger partial charge in [-0.05, 0) is 50.1 Å². The Bertz CT molecular complexity index is 1200. The van der Waals surface area contributed by atoms with Crippen molar-refractivity contribution >= 4 is 23.0 Å². The first-order valence-electron chi connectivity index (χ1n) is 11.6. The molecule has 0 fully saturated rings. The summed E-state index contributed by atoms with van der Waals surface area (Å²) in [6.45, 7) is 7.45. The first kappa shape index (κ1) is 23.6. The zero-order valence-corrected chi connectivity index (χ0v) is 20.1. The minimum atomic E-state index is -0.460. The lowest BCUT2D eigenvalue weighted by atomic mass is 9.94. The Balaban J connectivity index is 1.85. The van der Waals surface area contributed by atoms with Crippen molar-refractivity contribution in [3.63, 3.8) is 0 Å². The Morgan fingerprint density at radius 1 is 1.06 bits per heavy atom. The Morgan fingerprint density at radius 3 is 2.65 bits per heavy atom. The van der Waals surface area contributed by atoms with Crippen LogP contribution in [-0.4, -0.2) is 49.1 Å². The fourth-order valence-electron chi connectivity index (χ4n) is 4.13. The van der Waals surface area contributed by atoms with E-state index in [1.165, 1.54) is 0 Å². The van der Waals surface area contributed by atoms with E-state index in [0.717, 1.165) is 23.0 Å². The van der Waals surface area contributed by atoms with Crippen molar-refractivity contribution in [1.29, 1.82) is 0 Å². The third-order valence-corrected chi connectivity index (χ3v) is 5.62. The lowest BCUT2D eigenvalue weighted by Crippen LogP contribution is -2.29. The summed E-state index contributed by atoms with van der Waals surface area (Å²) in [5, 5.41) is 3.29. The van der Waals surface area contributed by atoms with E-state index in [0.29, 0.717) is 48.5 Å². The van der Waals surface area contributed by atoms with Crippen molar-refractivity contribution in [3.8, 4) is 11.5 Å². The molecule has 34 heavy (non-hydrogen) atoms. The molecule has 1 aliphatic heterocycles. The minimum absolute atomic E-state index is 0.171. The zero-order chi connectivity index (χ0) is 24.1. The number of anilines is 1. The fraction of sp³-hybridized carbons (Fsp3) is 0.385. The maximum atomic E-state index is 13.3. The molecule has 8 nitrogen and oxygen atoms in total. The topological polar surface area (TPSA) is 83.8 Å². The minimum Gasteiger partial charge on any atom is -0.490 e. The molecule has 2 aromatic carbocycles. The molecule has 180 valence electrons. The molecule has 4 rings (SSSR count). The maximum absolute atomic E-state index is 13.3. The van der Waals surface area contributed by atoms with Crippen molar-refractivity contribution in [2.24, 2.45) is 0 Å². The van der Waals surface area contributed by atoms with Gasteiger partial charge in [0.05, 0.1) is 42.5 Å². The number of nitrogens with one attached hydrogen (secondary N) is 1. The third-order valence-electron chi connectivity index (χ3n) is 5.62. The highest BCUT2D eigenvalue weighted by Crippen LogP contribution is 2.42. The Morgan fingerprint density at radius 2 is 1.88 bits per heavy atom. The highest BCUT2D eigenvalue weighted by atomic mass is 16.6. The molecule has 0 radical (unpaired) electrons. The van der Waals surface area contributed by atoms with Crippen LogP contribution in [0.15, 0.2) is 53.7 Å². The zero-order valence-electron chi connectivity index (χ0n) is 20.1. The second kappa shape index (κ2) is 10.6. The smallest absolute Gasteiger partial charge is 0.338 e. The molecule has 0 saturated heterocycles. The van der Waals surface area contributed by atoms with Crippen LogP contribution >= 0.6 is 0 Å². The molecule has 0 aliphatic carbocycles. The largest absolute Gasteiger partial charge is 0.490 e. The van der Waals surface area contributed by atoms with Gasteiger partial charge in [-0.15, -0.1) is 0 Å². The predicted molar refractivity (Wildman–Crippen MR) is 130 cm³/mol. The SMILES string of the molecule is CCCOc1ccc(C2C(C(=O)OCCOC)=C(C)Nc3nc4ccccc4n32)cc1OCC. The number of carbonyl (C=O) groups is 1. The standard InChI is InChI=1S/C26H31N3O5/c1-5-13-33-21-12-11-18(16-22(21)32-6-2)24-23(25(30)34-15-14-31-4)17(3)27-26-28-19-9-7-8-10-20(19)29(24)26/h7-12,16,24H,5-6,13-15H2,1-4H3,(H,27,28). The number of carbonyl (C=O) groups excluding carboxylic acids is 1. The second-order valence-corrected chi connectivity index (χ2v) is 7.98. The fourth-order valence-corrected chi connectivity index (χ4v) is 4.13. The van der Waals surface area contributed by atoms with E-state index in [-0.39, 0.29) is 6.61 Å². The van der Waals surface area contributed by atoms with Crippen LogP contribution in [0.1, 0.15) is 38.8 Å². The Kier molecular flexibility index (Phi) is 7.37. The van der Waals surface area contributed by atoms with Crippen LogP contribution in [0, 0.1) is 0 Å². The number of para-hydroxylation sites is 2. The molecule has 0 bridgehead atoms. The Labute approximate surface area is 199 Å². The number of hydrogen-bond acceptors (Lipinski definition) is 7. The summed E-state index contributed by atoms with van der Waals surface area (Å²) in [5.41, 5.74) is 3.82. The first-order chi connectivity index (χ1) is 16.6. The van der Waals surface area contributed by atoms with Gasteiger partial charge in [0.1, 0.15) is 6.61 Å². The van der Waals surface area contributed by atoms with E-state index < -0.39 is 12.0 Å². The number of rotatable bonds is 10. The summed E-state index contributed by atoms with van der Waals surface area (Å²) >= 11 is 0. The molecule has 3 aromatic rings. The van der Waals surface area contributed by atoms with Gasteiger partial charge in [0, 0.05) is 12.8 Å². The molecule has 1 unspecified atom stereocenters. The summed E-state index contributed by atoms with van der Waals surface area (Å²) in [6, 6.07) is 13.2. The molecular formula is C26H31N3O5. The van der Waals surface area contributed by atoms with Gasteiger partial charge < -0.3 is 24.3 Å². The summed E-state index contributed by atoms with van der Waals surface area (Å²) in [6.07, 6.45) is 0.894. The van der Waals surface area contributed by atoms with Crippen molar-refractivity contribution < 1.29 is 23.7 Å². The van der Waals surface area contributed by atoms with Crippen LogP contribution in [0.2, 0.25) is 0 Å². The molecule has 8 heteroatoms. The van der Waals surface area contributed by atoms with E-state index in [1.54, 1.807) is 7.11 Å². The van der Waals surface area contributed by atoms with Crippen LogP contribution in [0.25, 0.3) is 11.0 Å². The summed E-state index contributed by atoms with van der Waals surface area (Å²) < 4.78 is 24.4. The maximum Gasteiger partial charge on any atom is 0.338 e. The molecule has 0 saturated carbocycles. The highest BCUT2D eigenvalue weighted by Gasteiger charge is 2.35. The van der Waals surface area contributed by atoms with Crippen LogP contribution in [-0.2, 0) is 14.3 Å². The predicted octanol–water partition coefficient (Wildman–Crippen LogP) is 4.70. The lowest BCUT2D eigenvalue weighted by Gasteiger charge is -2.30. The average Bonchev–Trinajstić information content (AvgIpc) is 3.20. The van der Waals surface area contributed by atoms with Crippen LogP contribution in [0.4, 0.5) is 5.95 Å². The normalized spacial score (nSPS) is 15.1. The quantitative estimate of drug-likeness (QED) is 0.343. The molecule has 0 spiro atoms. The van der Waals surface area contributed by atoms with Gasteiger partial charge in [0.15, 0.2) is 11.5 Å². The van der Waals surface area contributed by atoms with Crippen LogP contribution in [0.5, 0.6) is 11.5 Å². The van der Waals surface area contributed by atoms with Crippen molar-refractivity contribution in [1.82, 2.24) is 9.55 Å². The van der Waals surface area contributed by atoms with Crippen LogP contribution in [0.3, 0.4) is 0 Å². The number of hydrogen-bond donors (Lipinski definition) is 1. The Hall–Kier alpha value is -3.52. The van der Waals surface area contributed by atoms with Gasteiger partial charge in [0.25, 0.3) is 0 Å². The van der Waals surface area contributed by atoms with E-state index in [2.05, 4.69) is 12.2 Å². The van der Waals surface area contributed by atoms with Gasteiger partial charge in [-0.25, -0.2) is 9.78 Å². The van der Waals surface area contributed by atoms with E-state index in [9.17, 15) is 4.79 Å². The number of ether oxygens (including phenoxy) is 4. The van der Waals surface area contributed by atoms with E-state index >= 15 is 0 Å². The van der Waals surface area contributed by atoms with E-state index in [4.69, 9.17) is 23.9 Å². The molecular weight excluding hydrogens is 434 g/mol. The van der Waals surface area contributed by atoms with Crippen molar-refractivity contribution in [2.75, 3.05) is 38.9 Å². The van der Waals surface area contributed by atoms with Gasteiger partial charge in [0.2, 0.25) is 5.95 Å². The van der Waals surface area contributed by atoms with Gasteiger partial charge in [-0.3, -0.25) is 4.57 Å². The average molecular weight is 466 g/mol. The molecule has 1 N–H and O–H groups in total. The molecule has 1 aliphatic rings. The lowest BCUT2D eigenvalue weighted by molar-refractivity contribution is -0.140. The number of nitrogens with zero attached hydrogens (tertiary/aromatic N) is 2. The van der Waals surface area contributed by atoms with Crippen LogP contribution < -0.4 is 14.8 Å². The summed E-state index contributed by atoms with van der Waals surface area (Å²) in [5.74, 6) is 1.59. The number of fused-ring (bicyclic) bond motifs is 3. The van der Waals surface area contributed by atoms with Crippen molar-refractivity contribution in [3.05, 3.63) is 59.3 Å². The number of esters is 1.